The molecule has 0 aromatic heterocycles. The highest BCUT2D eigenvalue weighted by molar-refractivity contribution is 5.87. The molecule has 0 aromatic carbocycles. The Balaban J connectivity index is 2.01. The lowest BCUT2D eigenvalue weighted by Crippen LogP contribution is -2.51. The van der Waals surface area contributed by atoms with Crippen LogP contribution < -0.4 is 5.32 Å². The first kappa shape index (κ1) is 16.0. The number of hydrogen-bond donors (Lipinski definition) is 3. The summed E-state index contributed by atoms with van der Waals surface area (Å²) in [4.78, 5) is 27.0. The molecule has 1 heterocycles. The molecule has 120 valence electrons. The van der Waals surface area contributed by atoms with Gasteiger partial charge in [0, 0.05) is 31.2 Å². The van der Waals surface area contributed by atoms with E-state index < -0.39 is 12.1 Å². The van der Waals surface area contributed by atoms with Gasteiger partial charge in [-0.15, -0.1) is 0 Å². The van der Waals surface area contributed by atoms with Gasteiger partial charge in [0.25, 0.3) is 0 Å². The number of nitrogens with one attached hydrogen (secondary N) is 1. The number of carbonyl (C=O) groups is 2. The summed E-state index contributed by atoms with van der Waals surface area (Å²) in [6.45, 7) is 0.632. The predicted octanol–water partition coefficient (Wildman–Crippen LogP) is -0.0539. The van der Waals surface area contributed by atoms with Crippen LogP contribution in [0.25, 0.3) is 0 Å². The highest BCUT2D eigenvalue weighted by atomic mass is 16.4. The summed E-state index contributed by atoms with van der Waals surface area (Å²) in [5.74, 6) is -0.0807. The number of aliphatic hydroxyl groups excluding tert-OH is 1. The van der Waals surface area contributed by atoms with E-state index in [9.17, 15) is 14.7 Å². The van der Waals surface area contributed by atoms with E-state index in [0.29, 0.717) is 19.0 Å². The molecule has 1 aliphatic heterocycles. The lowest BCUT2D eigenvalue weighted by atomic mass is 9.80. The smallest absolute Gasteiger partial charge is 0.405 e. The SMILES string of the molecule is CN(C)[C@@H]1CC[C@H](N2CC[C@H](NC(=O)O)C2=O)[C@@H](CO)C1. The quantitative estimate of drug-likeness (QED) is 0.676. The highest BCUT2D eigenvalue weighted by Crippen LogP contribution is 2.32. The first-order valence-electron chi connectivity index (χ1n) is 7.51. The highest BCUT2D eigenvalue weighted by Gasteiger charge is 2.42. The molecule has 7 heteroatoms. The molecule has 4 atom stereocenters. The van der Waals surface area contributed by atoms with Crippen LogP contribution in [-0.2, 0) is 4.79 Å². The van der Waals surface area contributed by atoms with Gasteiger partial charge in [-0.1, -0.05) is 0 Å². The van der Waals surface area contributed by atoms with Crippen LogP contribution in [0.2, 0.25) is 0 Å². The van der Waals surface area contributed by atoms with E-state index in [1.807, 2.05) is 14.1 Å². The van der Waals surface area contributed by atoms with Crippen LogP contribution >= 0.6 is 0 Å². The van der Waals surface area contributed by atoms with Crippen molar-refractivity contribution in [2.75, 3.05) is 27.2 Å². The Bertz CT molecular complexity index is 402. The molecule has 0 radical (unpaired) electrons. The summed E-state index contributed by atoms with van der Waals surface area (Å²) in [6, 6.07) is -0.170. The molecular weight excluding hydrogens is 274 g/mol. The predicted molar refractivity (Wildman–Crippen MR) is 77.0 cm³/mol. The van der Waals surface area contributed by atoms with Crippen molar-refractivity contribution in [3.8, 4) is 0 Å². The van der Waals surface area contributed by atoms with Crippen molar-refractivity contribution in [2.45, 2.75) is 43.8 Å². The molecule has 21 heavy (non-hydrogen) atoms. The second-order valence-electron chi connectivity index (χ2n) is 6.26. The fourth-order valence-corrected chi connectivity index (χ4v) is 3.61. The molecule has 0 unspecified atom stereocenters. The molecule has 2 amide bonds. The zero-order chi connectivity index (χ0) is 15.6. The topological polar surface area (TPSA) is 93.1 Å². The molecule has 0 bridgehead atoms. The molecule has 1 aliphatic carbocycles. The summed E-state index contributed by atoms with van der Waals surface area (Å²) in [5, 5.41) is 20.7. The van der Waals surface area contributed by atoms with Gasteiger partial charge >= 0.3 is 6.09 Å². The van der Waals surface area contributed by atoms with E-state index in [1.165, 1.54) is 0 Å². The van der Waals surface area contributed by atoms with Gasteiger partial charge in [-0.25, -0.2) is 4.79 Å². The third-order valence-corrected chi connectivity index (χ3v) is 4.82. The van der Waals surface area contributed by atoms with Crippen molar-refractivity contribution in [3.63, 3.8) is 0 Å². The Morgan fingerprint density at radius 3 is 2.67 bits per heavy atom. The lowest BCUT2D eigenvalue weighted by Gasteiger charge is -2.42. The molecule has 0 spiro atoms. The number of hydrogen-bond acceptors (Lipinski definition) is 4. The Hall–Kier alpha value is -1.34. The number of amides is 2. The van der Waals surface area contributed by atoms with Crippen LogP contribution in [0.15, 0.2) is 0 Å². The number of likely N-dealkylation sites (tertiary alicyclic amines) is 1. The van der Waals surface area contributed by atoms with E-state index in [-0.39, 0.29) is 24.5 Å². The molecule has 2 rings (SSSR count). The average Bonchev–Trinajstić information content (AvgIpc) is 2.78. The Kier molecular flexibility index (Phi) is 5.05. The number of carboxylic acid groups (broad SMARTS) is 1. The summed E-state index contributed by atoms with van der Waals surface area (Å²) in [5.41, 5.74) is 0. The molecule has 0 aromatic rings. The Morgan fingerprint density at radius 2 is 2.10 bits per heavy atom. The number of carbonyl (C=O) groups excluding carboxylic acids is 1. The van der Waals surface area contributed by atoms with Crippen LogP contribution in [0.5, 0.6) is 0 Å². The zero-order valence-corrected chi connectivity index (χ0v) is 12.7. The molecule has 1 saturated heterocycles. The van der Waals surface area contributed by atoms with Gasteiger partial charge in [-0.2, -0.15) is 0 Å². The van der Waals surface area contributed by atoms with Crippen molar-refractivity contribution >= 4 is 12.0 Å². The fraction of sp³-hybridized carbons (Fsp3) is 0.857. The number of rotatable bonds is 4. The molecular formula is C14H25N3O4. The maximum Gasteiger partial charge on any atom is 0.405 e. The van der Waals surface area contributed by atoms with Gasteiger partial charge in [0.05, 0.1) is 0 Å². The van der Waals surface area contributed by atoms with Gasteiger partial charge in [-0.05, 0) is 39.8 Å². The molecule has 7 nitrogen and oxygen atoms in total. The number of aliphatic hydroxyl groups is 1. The van der Waals surface area contributed by atoms with Crippen molar-refractivity contribution in [1.29, 1.82) is 0 Å². The third kappa shape index (κ3) is 3.47. The van der Waals surface area contributed by atoms with E-state index in [2.05, 4.69) is 10.2 Å². The van der Waals surface area contributed by atoms with Gasteiger partial charge in [-0.3, -0.25) is 4.79 Å². The van der Waals surface area contributed by atoms with E-state index in [0.717, 1.165) is 19.3 Å². The first-order valence-corrected chi connectivity index (χ1v) is 7.51. The molecule has 3 N–H and O–H groups in total. The van der Waals surface area contributed by atoms with Gasteiger partial charge < -0.3 is 25.3 Å². The Labute approximate surface area is 124 Å². The zero-order valence-electron chi connectivity index (χ0n) is 12.7. The normalized spacial score (nSPS) is 33.5. The van der Waals surface area contributed by atoms with E-state index in [4.69, 9.17) is 5.11 Å². The van der Waals surface area contributed by atoms with Crippen molar-refractivity contribution in [2.24, 2.45) is 5.92 Å². The maximum absolute atomic E-state index is 12.3. The van der Waals surface area contributed by atoms with Gasteiger partial charge in [0.1, 0.15) is 6.04 Å². The van der Waals surface area contributed by atoms with E-state index in [1.54, 1.807) is 4.90 Å². The molecule has 2 fully saturated rings. The van der Waals surface area contributed by atoms with Crippen LogP contribution in [0.4, 0.5) is 4.79 Å². The van der Waals surface area contributed by atoms with Crippen LogP contribution in [-0.4, -0.2) is 77.4 Å². The summed E-state index contributed by atoms with van der Waals surface area (Å²) >= 11 is 0. The van der Waals surface area contributed by atoms with Crippen molar-refractivity contribution in [1.82, 2.24) is 15.1 Å². The van der Waals surface area contributed by atoms with E-state index >= 15 is 0 Å². The van der Waals surface area contributed by atoms with Crippen LogP contribution in [0.1, 0.15) is 25.7 Å². The largest absolute Gasteiger partial charge is 0.465 e. The van der Waals surface area contributed by atoms with Gasteiger partial charge in [0.15, 0.2) is 0 Å². The second kappa shape index (κ2) is 6.62. The average molecular weight is 299 g/mol. The second-order valence-corrected chi connectivity index (χ2v) is 6.26. The summed E-state index contributed by atoms with van der Waals surface area (Å²) in [7, 11) is 4.07. The third-order valence-electron chi connectivity index (χ3n) is 4.82. The van der Waals surface area contributed by atoms with Crippen molar-refractivity contribution < 1.29 is 19.8 Å². The van der Waals surface area contributed by atoms with Crippen LogP contribution in [0, 0.1) is 5.92 Å². The minimum absolute atomic E-state index is 0.0271. The lowest BCUT2D eigenvalue weighted by molar-refractivity contribution is -0.133. The van der Waals surface area contributed by atoms with Crippen molar-refractivity contribution in [3.05, 3.63) is 0 Å². The Morgan fingerprint density at radius 1 is 1.38 bits per heavy atom. The van der Waals surface area contributed by atoms with Crippen LogP contribution in [0.3, 0.4) is 0 Å². The summed E-state index contributed by atoms with van der Waals surface area (Å²) in [6.07, 6.45) is 2.07. The fourth-order valence-electron chi connectivity index (χ4n) is 3.61. The minimum atomic E-state index is -1.16. The standard InChI is InChI=1S/C14H25N3O4/c1-16(2)10-3-4-12(9(7-10)8-18)17-6-5-11(13(17)19)15-14(20)21/h9-12,15,18H,3-8H2,1-2H3,(H,20,21)/t9-,10-,11+,12+/m1/s1. The minimum Gasteiger partial charge on any atom is -0.465 e. The van der Waals surface area contributed by atoms with Gasteiger partial charge in [0.2, 0.25) is 5.91 Å². The molecule has 1 saturated carbocycles. The number of nitrogens with zero attached hydrogens (tertiary/aromatic N) is 2. The maximum atomic E-state index is 12.3. The molecule has 2 aliphatic rings. The first-order chi connectivity index (χ1) is 9.93. The summed E-state index contributed by atoms with van der Waals surface area (Å²) < 4.78 is 0. The monoisotopic (exact) mass is 299 g/mol.